The van der Waals surface area contributed by atoms with Crippen molar-refractivity contribution in [3.63, 3.8) is 0 Å². The third kappa shape index (κ3) is 4.45. The van der Waals surface area contributed by atoms with Gasteiger partial charge in [-0.15, -0.1) is 0 Å². The summed E-state index contributed by atoms with van der Waals surface area (Å²) in [5.74, 6) is 1.91. The zero-order valence-corrected chi connectivity index (χ0v) is 14.3. The van der Waals surface area contributed by atoms with Crippen LogP contribution < -0.4 is 10.0 Å². The van der Waals surface area contributed by atoms with Crippen LogP contribution >= 0.6 is 11.8 Å². The van der Waals surface area contributed by atoms with Gasteiger partial charge in [0.2, 0.25) is 10.0 Å². The predicted octanol–water partition coefficient (Wildman–Crippen LogP) is 2.14. The number of nitrogens with one attached hydrogen (secondary N) is 2. The SMILES string of the molecule is CCNCc1ccc(CC)c(S(=O)(=O)NC2CCSC2)c1. The van der Waals surface area contributed by atoms with Crippen LogP contribution in [0.15, 0.2) is 23.1 Å². The van der Waals surface area contributed by atoms with Crippen LogP contribution in [0.3, 0.4) is 0 Å². The van der Waals surface area contributed by atoms with Crippen LogP contribution in [0.5, 0.6) is 0 Å². The molecular weight excluding hydrogens is 304 g/mol. The number of hydrogen-bond acceptors (Lipinski definition) is 4. The maximum absolute atomic E-state index is 12.7. The number of sulfonamides is 1. The van der Waals surface area contributed by atoms with Gasteiger partial charge in [0, 0.05) is 18.3 Å². The van der Waals surface area contributed by atoms with Crippen molar-refractivity contribution in [1.29, 1.82) is 0 Å². The van der Waals surface area contributed by atoms with E-state index in [-0.39, 0.29) is 6.04 Å². The molecule has 0 amide bonds. The maximum Gasteiger partial charge on any atom is 0.241 e. The highest BCUT2D eigenvalue weighted by Crippen LogP contribution is 2.22. The fraction of sp³-hybridized carbons (Fsp3) is 0.600. The summed E-state index contributed by atoms with van der Waals surface area (Å²) in [7, 11) is -3.43. The monoisotopic (exact) mass is 328 g/mol. The summed E-state index contributed by atoms with van der Waals surface area (Å²) in [5, 5.41) is 3.24. The summed E-state index contributed by atoms with van der Waals surface area (Å²) in [4.78, 5) is 0.442. The molecule has 0 aliphatic carbocycles. The van der Waals surface area contributed by atoms with E-state index in [9.17, 15) is 8.42 Å². The Labute approximate surface area is 132 Å². The van der Waals surface area contributed by atoms with E-state index in [1.54, 1.807) is 11.8 Å². The van der Waals surface area contributed by atoms with Gasteiger partial charge < -0.3 is 5.32 Å². The molecule has 2 N–H and O–H groups in total. The molecule has 1 heterocycles. The fourth-order valence-electron chi connectivity index (χ4n) is 2.43. The highest BCUT2D eigenvalue weighted by atomic mass is 32.2. The van der Waals surface area contributed by atoms with Crippen molar-refractivity contribution in [3.05, 3.63) is 29.3 Å². The second kappa shape index (κ2) is 7.63. The van der Waals surface area contributed by atoms with Gasteiger partial charge in [-0.05, 0) is 42.3 Å². The standard InChI is InChI=1S/C15H24N2O2S2/c1-3-13-6-5-12(10-16-4-2)9-15(13)21(18,19)17-14-7-8-20-11-14/h5-6,9,14,16-17H,3-4,7-8,10-11H2,1-2H3. The third-order valence-corrected chi connectivity index (χ3v) is 6.40. The highest BCUT2D eigenvalue weighted by molar-refractivity contribution is 7.99. The lowest BCUT2D eigenvalue weighted by Crippen LogP contribution is -2.35. The van der Waals surface area contributed by atoms with E-state index in [4.69, 9.17) is 0 Å². The Morgan fingerprint density at radius 2 is 2.14 bits per heavy atom. The van der Waals surface area contributed by atoms with Gasteiger partial charge in [0.1, 0.15) is 0 Å². The zero-order chi connectivity index (χ0) is 15.3. The summed E-state index contributed by atoms with van der Waals surface area (Å²) >= 11 is 1.81. The summed E-state index contributed by atoms with van der Waals surface area (Å²) in [6, 6.07) is 5.82. The molecule has 0 bridgehead atoms. The first-order valence-corrected chi connectivity index (χ1v) is 10.1. The molecule has 4 nitrogen and oxygen atoms in total. The van der Waals surface area contributed by atoms with Gasteiger partial charge in [0.25, 0.3) is 0 Å². The first-order valence-electron chi connectivity index (χ1n) is 7.49. The van der Waals surface area contributed by atoms with Crippen LogP contribution in [0, 0.1) is 0 Å². The summed E-state index contributed by atoms with van der Waals surface area (Å²) in [6.45, 7) is 5.60. The number of hydrogen-bond donors (Lipinski definition) is 2. The molecule has 6 heteroatoms. The highest BCUT2D eigenvalue weighted by Gasteiger charge is 2.25. The lowest BCUT2D eigenvalue weighted by atomic mass is 10.1. The second-order valence-corrected chi connectivity index (χ2v) is 8.09. The minimum Gasteiger partial charge on any atom is -0.313 e. The number of benzene rings is 1. The van der Waals surface area contributed by atoms with Gasteiger partial charge in [-0.2, -0.15) is 11.8 Å². The molecule has 1 saturated heterocycles. The van der Waals surface area contributed by atoms with Gasteiger partial charge in [0.05, 0.1) is 4.90 Å². The minimum absolute atomic E-state index is 0.0714. The molecule has 1 aliphatic rings. The molecule has 0 spiro atoms. The van der Waals surface area contributed by atoms with Crippen molar-refractivity contribution in [2.75, 3.05) is 18.1 Å². The Kier molecular flexibility index (Phi) is 6.10. The molecule has 0 radical (unpaired) electrons. The van der Waals surface area contributed by atoms with Crippen molar-refractivity contribution >= 4 is 21.8 Å². The lowest BCUT2D eigenvalue weighted by molar-refractivity contribution is 0.562. The molecule has 1 aromatic carbocycles. The van der Waals surface area contributed by atoms with Crippen LogP contribution in [0.1, 0.15) is 31.4 Å². The van der Waals surface area contributed by atoms with E-state index in [1.807, 2.05) is 32.0 Å². The largest absolute Gasteiger partial charge is 0.313 e. The van der Waals surface area contributed by atoms with Crippen LogP contribution in [0.2, 0.25) is 0 Å². The van der Waals surface area contributed by atoms with Gasteiger partial charge >= 0.3 is 0 Å². The lowest BCUT2D eigenvalue weighted by Gasteiger charge is -2.15. The van der Waals surface area contributed by atoms with Crippen molar-refractivity contribution in [2.24, 2.45) is 0 Å². The number of thioether (sulfide) groups is 1. The molecule has 1 fully saturated rings. The van der Waals surface area contributed by atoms with Crippen molar-refractivity contribution < 1.29 is 8.42 Å². The zero-order valence-electron chi connectivity index (χ0n) is 12.7. The van der Waals surface area contributed by atoms with Gasteiger partial charge in [-0.3, -0.25) is 0 Å². The summed E-state index contributed by atoms with van der Waals surface area (Å²) in [6.07, 6.45) is 1.64. The molecule has 1 atom stereocenters. The topological polar surface area (TPSA) is 58.2 Å². The van der Waals surface area contributed by atoms with E-state index in [2.05, 4.69) is 10.0 Å². The van der Waals surface area contributed by atoms with Crippen molar-refractivity contribution in [1.82, 2.24) is 10.0 Å². The van der Waals surface area contributed by atoms with Crippen LogP contribution in [-0.2, 0) is 23.0 Å². The van der Waals surface area contributed by atoms with E-state index >= 15 is 0 Å². The Bertz CT molecular complexity index is 567. The van der Waals surface area contributed by atoms with Gasteiger partial charge in [-0.1, -0.05) is 26.0 Å². The second-order valence-electron chi connectivity index (χ2n) is 5.26. The Balaban J connectivity index is 2.25. The van der Waals surface area contributed by atoms with Gasteiger partial charge in [-0.25, -0.2) is 13.1 Å². The van der Waals surface area contributed by atoms with E-state index in [0.717, 1.165) is 42.0 Å². The maximum atomic E-state index is 12.7. The molecular formula is C15H24N2O2S2. The average Bonchev–Trinajstić information content (AvgIpc) is 2.97. The van der Waals surface area contributed by atoms with E-state index in [0.29, 0.717) is 11.4 Å². The molecule has 0 saturated carbocycles. The Morgan fingerprint density at radius 3 is 2.76 bits per heavy atom. The first-order chi connectivity index (χ1) is 10.1. The quantitative estimate of drug-likeness (QED) is 0.805. The minimum atomic E-state index is -3.43. The molecule has 1 unspecified atom stereocenters. The third-order valence-electron chi connectivity index (χ3n) is 3.63. The van der Waals surface area contributed by atoms with E-state index in [1.165, 1.54) is 0 Å². The fourth-order valence-corrected chi connectivity index (χ4v) is 5.32. The molecule has 1 aromatic rings. The van der Waals surface area contributed by atoms with Crippen LogP contribution in [0.4, 0.5) is 0 Å². The van der Waals surface area contributed by atoms with E-state index < -0.39 is 10.0 Å². The smallest absolute Gasteiger partial charge is 0.241 e. The molecule has 0 aromatic heterocycles. The number of rotatable bonds is 7. The van der Waals surface area contributed by atoms with Crippen molar-refractivity contribution in [2.45, 2.75) is 44.2 Å². The Morgan fingerprint density at radius 1 is 1.33 bits per heavy atom. The average molecular weight is 329 g/mol. The van der Waals surface area contributed by atoms with Gasteiger partial charge in [0.15, 0.2) is 0 Å². The van der Waals surface area contributed by atoms with Crippen LogP contribution in [-0.4, -0.2) is 32.5 Å². The normalized spacial score (nSPS) is 19.0. The molecule has 21 heavy (non-hydrogen) atoms. The predicted molar refractivity (Wildman–Crippen MR) is 89.3 cm³/mol. The molecule has 2 rings (SSSR count). The Hall–Kier alpha value is -0.560. The summed E-state index contributed by atoms with van der Waals surface area (Å²) < 4.78 is 28.2. The molecule has 1 aliphatic heterocycles. The number of aryl methyl sites for hydroxylation is 1. The molecule has 118 valence electrons. The van der Waals surface area contributed by atoms with Crippen LogP contribution in [0.25, 0.3) is 0 Å². The first kappa shape index (κ1) is 16.8. The van der Waals surface area contributed by atoms with Crippen molar-refractivity contribution in [3.8, 4) is 0 Å². The summed E-state index contributed by atoms with van der Waals surface area (Å²) in [5.41, 5.74) is 1.89.